The summed E-state index contributed by atoms with van der Waals surface area (Å²) in [5, 5.41) is 0. The van der Waals surface area contributed by atoms with Gasteiger partial charge in [0.2, 0.25) is 0 Å². The SMILES string of the molecule is CC1=C(c2ccc(C)[nH]2)CC=NC=C1.[HH]. The van der Waals surface area contributed by atoms with Crippen molar-refractivity contribution in [1.82, 2.24) is 4.98 Å². The molecule has 2 rings (SSSR count). The van der Waals surface area contributed by atoms with Crippen LogP contribution >= 0.6 is 0 Å². The molecule has 0 spiro atoms. The van der Waals surface area contributed by atoms with Gasteiger partial charge >= 0.3 is 0 Å². The van der Waals surface area contributed by atoms with Crippen molar-refractivity contribution in [3.63, 3.8) is 0 Å². The third kappa shape index (κ3) is 1.69. The molecule has 1 N–H and O–H groups in total. The smallest absolute Gasteiger partial charge is 0.0421 e. The molecule has 1 aromatic heterocycles. The Hall–Kier alpha value is -1.57. The van der Waals surface area contributed by atoms with Gasteiger partial charge in [-0.1, -0.05) is 0 Å². The number of aromatic amines is 1. The van der Waals surface area contributed by atoms with Crippen LogP contribution in [0, 0.1) is 6.92 Å². The summed E-state index contributed by atoms with van der Waals surface area (Å²) in [6, 6.07) is 4.22. The lowest BCUT2D eigenvalue weighted by atomic mass is 10.0. The Morgan fingerprint density at radius 3 is 2.93 bits per heavy atom. The van der Waals surface area contributed by atoms with Crippen LogP contribution in [-0.4, -0.2) is 11.2 Å². The summed E-state index contributed by atoms with van der Waals surface area (Å²) in [7, 11) is 0. The highest BCUT2D eigenvalue weighted by molar-refractivity contribution is 5.82. The molecule has 2 nitrogen and oxygen atoms in total. The van der Waals surface area contributed by atoms with Crippen molar-refractivity contribution >= 4 is 11.8 Å². The number of rotatable bonds is 1. The molecule has 1 aromatic rings. The molecule has 0 atom stereocenters. The van der Waals surface area contributed by atoms with Gasteiger partial charge in [-0.25, -0.2) is 0 Å². The molecule has 2 heteroatoms. The molecule has 0 aliphatic carbocycles. The second-order valence-corrected chi connectivity index (χ2v) is 3.57. The summed E-state index contributed by atoms with van der Waals surface area (Å²) in [4.78, 5) is 7.49. The number of allylic oxidation sites excluding steroid dienone is 3. The summed E-state index contributed by atoms with van der Waals surface area (Å²) < 4.78 is 0. The molecule has 2 heterocycles. The van der Waals surface area contributed by atoms with Crippen LogP contribution in [-0.2, 0) is 0 Å². The number of aromatic nitrogens is 1. The molecule has 0 saturated heterocycles. The number of aliphatic imine (C=N–C) groups is 1. The molecule has 0 fully saturated rings. The second-order valence-electron chi connectivity index (χ2n) is 3.57. The minimum absolute atomic E-state index is 0. The Labute approximate surface area is 85.6 Å². The fourth-order valence-corrected chi connectivity index (χ4v) is 1.62. The maximum atomic E-state index is 4.14. The first kappa shape index (κ1) is 9.00. The summed E-state index contributed by atoms with van der Waals surface area (Å²) in [6.45, 7) is 4.19. The van der Waals surface area contributed by atoms with Crippen LogP contribution < -0.4 is 0 Å². The Balaban J connectivity index is 0.00000112. The Kier molecular flexibility index (Phi) is 2.35. The van der Waals surface area contributed by atoms with Crippen molar-refractivity contribution in [2.75, 3.05) is 0 Å². The molecule has 74 valence electrons. The first-order chi connectivity index (χ1) is 6.77. The Morgan fingerprint density at radius 1 is 1.36 bits per heavy atom. The zero-order chi connectivity index (χ0) is 9.97. The highest BCUT2D eigenvalue weighted by Gasteiger charge is 2.06. The maximum Gasteiger partial charge on any atom is 0.0421 e. The Morgan fingerprint density at radius 2 is 2.21 bits per heavy atom. The summed E-state index contributed by atoms with van der Waals surface area (Å²) in [5.74, 6) is 0. The third-order valence-electron chi connectivity index (χ3n) is 2.44. The van der Waals surface area contributed by atoms with E-state index in [0.29, 0.717) is 0 Å². The van der Waals surface area contributed by atoms with E-state index in [0.717, 1.165) is 6.42 Å². The van der Waals surface area contributed by atoms with Crippen molar-refractivity contribution in [2.45, 2.75) is 20.3 Å². The quantitative estimate of drug-likeness (QED) is 0.700. The maximum absolute atomic E-state index is 4.14. The van der Waals surface area contributed by atoms with Gasteiger partial charge < -0.3 is 4.98 Å². The van der Waals surface area contributed by atoms with Gasteiger partial charge in [-0.3, -0.25) is 4.99 Å². The number of aryl methyl sites for hydroxylation is 1. The minimum Gasteiger partial charge on any atom is -0.359 e. The van der Waals surface area contributed by atoms with E-state index in [1.54, 1.807) is 0 Å². The Bertz CT molecular complexity index is 425. The number of nitrogens with zero attached hydrogens (tertiary/aromatic N) is 1. The molecule has 1 aliphatic rings. The van der Waals surface area contributed by atoms with E-state index < -0.39 is 0 Å². The van der Waals surface area contributed by atoms with Gasteiger partial charge in [-0.05, 0) is 43.2 Å². The molecule has 0 aromatic carbocycles. The van der Waals surface area contributed by atoms with Crippen LogP contribution in [0.15, 0.2) is 35.0 Å². The lowest BCUT2D eigenvalue weighted by Crippen LogP contribution is -1.89. The molecular formula is C12H16N2. The fourth-order valence-electron chi connectivity index (χ4n) is 1.62. The van der Waals surface area contributed by atoms with Crippen molar-refractivity contribution in [3.8, 4) is 0 Å². The molecule has 0 unspecified atom stereocenters. The van der Waals surface area contributed by atoms with E-state index in [-0.39, 0.29) is 1.43 Å². The third-order valence-corrected chi connectivity index (χ3v) is 2.44. The van der Waals surface area contributed by atoms with Gasteiger partial charge in [0.25, 0.3) is 0 Å². The largest absolute Gasteiger partial charge is 0.359 e. The topological polar surface area (TPSA) is 28.1 Å². The van der Waals surface area contributed by atoms with Gasteiger partial charge in [-0.15, -0.1) is 0 Å². The highest BCUT2D eigenvalue weighted by atomic mass is 14.7. The highest BCUT2D eigenvalue weighted by Crippen LogP contribution is 2.23. The molecular weight excluding hydrogens is 172 g/mol. The molecule has 0 bridgehead atoms. The minimum atomic E-state index is 0. The van der Waals surface area contributed by atoms with Gasteiger partial charge in [0.1, 0.15) is 0 Å². The van der Waals surface area contributed by atoms with Crippen LogP contribution in [0.1, 0.15) is 26.2 Å². The van der Waals surface area contributed by atoms with Crippen LogP contribution in [0.5, 0.6) is 0 Å². The summed E-state index contributed by atoms with van der Waals surface area (Å²) >= 11 is 0. The van der Waals surface area contributed by atoms with E-state index in [1.165, 1.54) is 22.5 Å². The first-order valence-electron chi connectivity index (χ1n) is 4.81. The van der Waals surface area contributed by atoms with Crippen LogP contribution in [0.4, 0.5) is 0 Å². The average Bonchev–Trinajstić information content (AvgIpc) is 2.46. The van der Waals surface area contributed by atoms with Crippen LogP contribution in [0.3, 0.4) is 0 Å². The lowest BCUT2D eigenvalue weighted by molar-refractivity contribution is 1.22. The predicted octanol–water partition coefficient (Wildman–Crippen LogP) is 3.33. The first-order valence-corrected chi connectivity index (χ1v) is 4.81. The standard InChI is InChI=1S/C12H14N2.H2/c1-9-5-7-13-8-6-11(9)12-4-3-10(2)14-12;/h3-5,7-8,14H,6H2,1-2H3;1H. The molecule has 0 saturated carbocycles. The average molecular weight is 188 g/mol. The molecule has 0 radical (unpaired) electrons. The normalized spacial score (nSPS) is 16.1. The van der Waals surface area contributed by atoms with Crippen LogP contribution in [0.25, 0.3) is 5.57 Å². The monoisotopic (exact) mass is 188 g/mol. The van der Waals surface area contributed by atoms with Crippen molar-refractivity contribution < 1.29 is 1.43 Å². The van der Waals surface area contributed by atoms with Crippen molar-refractivity contribution in [1.29, 1.82) is 0 Å². The number of hydrogen-bond acceptors (Lipinski definition) is 1. The number of hydrogen-bond donors (Lipinski definition) is 1. The van der Waals surface area contributed by atoms with E-state index in [2.05, 4.69) is 42.0 Å². The zero-order valence-corrected chi connectivity index (χ0v) is 8.54. The van der Waals surface area contributed by atoms with E-state index in [4.69, 9.17) is 0 Å². The second kappa shape index (κ2) is 3.66. The van der Waals surface area contributed by atoms with Gasteiger partial charge in [0.05, 0.1) is 0 Å². The number of nitrogens with one attached hydrogen (secondary N) is 1. The van der Waals surface area contributed by atoms with Gasteiger partial charge in [-0.2, -0.15) is 0 Å². The molecule has 1 aliphatic heterocycles. The zero-order valence-electron chi connectivity index (χ0n) is 8.54. The van der Waals surface area contributed by atoms with Gasteiger partial charge in [0.15, 0.2) is 0 Å². The lowest BCUT2D eigenvalue weighted by Gasteiger charge is -2.03. The summed E-state index contributed by atoms with van der Waals surface area (Å²) in [6.07, 6.45) is 6.74. The van der Waals surface area contributed by atoms with Crippen molar-refractivity contribution in [2.24, 2.45) is 4.99 Å². The fraction of sp³-hybridized carbons (Fsp3) is 0.250. The predicted molar refractivity (Wildman–Crippen MR) is 62.5 cm³/mol. The van der Waals surface area contributed by atoms with E-state index in [9.17, 15) is 0 Å². The number of H-pyrrole nitrogens is 1. The molecule has 14 heavy (non-hydrogen) atoms. The molecule has 0 amide bonds. The van der Waals surface area contributed by atoms with E-state index >= 15 is 0 Å². The summed E-state index contributed by atoms with van der Waals surface area (Å²) in [5.41, 5.74) is 5.02. The van der Waals surface area contributed by atoms with Gasteiger partial charge in [0, 0.05) is 31.6 Å². The van der Waals surface area contributed by atoms with Crippen LogP contribution in [0.2, 0.25) is 0 Å². The van der Waals surface area contributed by atoms with E-state index in [1.807, 2.05) is 12.4 Å². The van der Waals surface area contributed by atoms with Crippen molar-refractivity contribution in [3.05, 3.63) is 41.4 Å².